The summed E-state index contributed by atoms with van der Waals surface area (Å²) in [5.74, 6) is 0.518. The number of nitrogens with one attached hydrogen (secondary N) is 2. The average Bonchev–Trinajstić information content (AvgIpc) is 2.68. The lowest BCUT2D eigenvalue weighted by atomic mass is 10.1. The van der Waals surface area contributed by atoms with Gasteiger partial charge in [-0.3, -0.25) is 9.78 Å². The van der Waals surface area contributed by atoms with Crippen LogP contribution in [0.1, 0.15) is 21.6 Å². The molecule has 1 amide bonds. The molecule has 0 aliphatic carbocycles. The van der Waals surface area contributed by atoms with Crippen LogP contribution < -0.4 is 15.4 Å². The Labute approximate surface area is 153 Å². The number of hydrogen-bond donors (Lipinski definition) is 2. The highest BCUT2D eigenvalue weighted by molar-refractivity contribution is 5.93. The Morgan fingerprint density at radius 2 is 1.85 bits per heavy atom. The molecule has 132 valence electrons. The number of aromatic nitrogens is 1. The predicted octanol–water partition coefficient (Wildman–Crippen LogP) is 4.07. The molecule has 2 aromatic carbocycles. The molecule has 1 aromatic heterocycles. The van der Waals surface area contributed by atoms with Crippen molar-refractivity contribution in [3.05, 3.63) is 83.7 Å². The Balaban J connectivity index is 1.68. The summed E-state index contributed by atoms with van der Waals surface area (Å²) in [6.45, 7) is 2.50. The summed E-state index contributed by atoms with van der Waals surface area (Å²) < 4.78 is 5.33. The number of benzene rings is 2. The molecule has 0 bridgehead atoms. The van der Waals surface area contributed by atoms with Gasteiger partial charge in [-0.15, -0.1) is 0 Å². The van der Waals surface area contributed by atoms with Gasteiger partial charge in [0.15, 0.2) is 0 Å². The second-order valence-electron chi connectivity index (χ2n) is 5.92. The van der Waals surface area contributed by atoms with Gasteiger partial charge in [0.2, 0.25) is 0 Å². The topological polar surface area (TPSA) is 63.2 Å². The number of rotatable bonds is 6. The van der Waals surface area contributed by atoms with E-state index in [0.29, 0.717) is 12.2 Å². The lowest BCUT2D eigenvalue weighted by Crippen LogP contribution is -2.23. The molecule has 5 heteroatoms. The first kappa shape index (κ1) is 17.5. The van der Waals surface area contributed by atoms with E-state index in [1.54, 1.807) is 19.4 Å². The van der Waals surface area contributed by atoms with Crippen LogP contribution in [-0.4, -0.2) is 18.0 Å². The van der Waals surface area contributed by atoms with Crippen molar-refractivity contribution in [3.8, 4) is 5.75 Å². The molecule has 0 aliphatic rings. The van der Waals surface area contributed by atoms with Gasteiger partial charge >= 0.3 is 0 Å². The number of aryl methyl sites for hydroxylation is 1. The standard InChI is InChI=1S/C21H21N3O2/c1-15-7-9-16(10-8-15)14-23-21(25)19-13-17(11-12-22-19)24-18-5-3-4-6-20(18)26-2/h3-13H,14H2,1-2H3,(H,22,24)(H,23,25). The summed E-state index contributed by atoms with van der Waals surface area (Å²) in [5.41, 5.74) is 4.19. The first-order valence-corrected chi connectivity index (χ1v) is 8.35. The number of methoxy groups -OCH3 is 1. The maximum absolute atomic E-state index is 12.4. The van der Waals surface area contributed by atoms with Crippen molar-refractivity contribution < 1.29 is 9.53 Å². The fourth-order valence-corrected chi connectivity index (χ4v) is 2.51. The summed E-state index contributed by atoms with van der Waals surface area (Å²) >= 11 is 0. The number of carbonyl (C=O) groups is 1. The molecule has 0 aliphatic heterocycles. The van der Waals surface area contributed by atoms with Gasteiger partial charge in [-0.2, -0.15) is 0 Å². The monoisotopic (exact) mass is 347 g/mol. The normalized spacial score (nSPS) is 10.2. The van der Waals surface area contributed by atoms with E-state index in [0.717, 1.165) is 22.7 Å². The van der Waals surface area contributed by atoms with Gasteiger partial charge in [0.1, 0.15) is 11.4 Å². The first-order valence-electron chi connectivity index (χ1n) is 8.35. The van der Waals surface area contributed by atoms with Crippen molar-refractivity contribution in [2.45, 2.75) is 13.5 Å². The SMILES string of the molecule is COc1ccccc1Nc1ccnc(C(=O)NCc2ccc(C)cc2)c1. The van der Waals surface area contributed by atoms with Crippen molar-refractivity contribution in [1.82, 2.24) is 10.3 Å². The Morgan fingerprint density at radius 1 is 1.08 bits per heavy atom. The van der Waals surface area contributed by atoms with E-state index in [1.165, 1.54) is 5.56 Å². The van der Waals surface area contributed by atoms with Gasteiger partial charge in [-0.25, -0.2) is 0 Å². The maximum atomic E-state index is 12.4. The molecule has 2 N–H and O–H groups in total. The van der Waals surface area contributed by atoms with E-state index in [9.17, 15) is 4.79 Å². The van der Waals surface area contributed by atoms with Crippen molar-refractivity contribution in [3.63, 3.8) is 0 Å². The highest BCUT2D eigenvalue weighted by Crippen LogP contribution is 2.26. The molecular formula is C21H21N3O2. The van der Waals surface area contributed by atoms with E-state index in [1.807, 2.05) is 61.5 Å². The lowest BCUT2D eigenvalue weighted by molar-refractivity contribution is 0.0946. The summed E-state index contributed by atoms with van der Waals surface area (Å²) in [4.78, 5) is 16.6. The molecule has 26 heavy (non-hydrogen) atoms. The van der Waals surface area contributed by atoms with Gasteiger partial charge in [0, 0.05) is 18.4 Å². The largest absolute Gasteiger partial charge is 0.495 e. The number of nitrogens with zero attached hydrogens (tertiary/aromatic N) is 1. The van der Waals surface area contributed by atoms with Crippen LogP contribution in [0.15, 0.2) is 66.9 Å². The molecule has 0 fully saturated rings. The lowest BCUT2D eigenvalue weighted by Gasteiger charge is -2.11. The van der Waals surface area contributed by atoms with Crippen LogP contribution in [0.3, 0.4) is 0 Å². The quantitative estimate of drug-likeness (QED) is 0.705. The summed E-state index contributed by atoms with van der Waals surface area (Å²) in [7, 11) is 1.62. The maximum Gasteiger partial charge on any atom is 0.270 e. The minimum atomic E-state index is -0.214. The van der Waals surface area contributed by atoms with Crippen molar-refractivity contribution in [1.29, 1.82) is 0 Å². The third-order valence-corrected chi connectivity index (χ3v) is 3.95. The van der Waals surface area contributed by atoms with Crippen molar-refractivity contribution >= 4 is 17.3 Å². The Morgan fingerprint density at radius 3 is 2.62 bits per heavy atom. The number of anilines is 2. The van der Waals surface area contributed by atoms with E-state index in [4.69, 9.17) is 4.74 Å². The van der Waals surface area contributed by atoms with Gasteiger partial charge < -0.3 is 15.4 Å². The highest BCUT2D eigenvalue weighted by atomic mass is 16.5. The average molecular weight is 347 g/mol. The Bertz CT molecular complexity index is 892. The second-order valence-corrected chi connectivity index (χ2v) is 5.92. The molecule has 0 saturated heterocycles. The van der Waals surface area contributed by atoms with Crippen molar-refractivity contribution in [2.24, 2.45) is 0 Å². The smallest absolute Gasteiger partial charge is 0.270 e. The third kappa shape index (κ3) is 4.39. The minimum Gasteiger partial charge on any atom is -0.495 e. The number of amides is 1. The predicted molar refractivity (Wildman–Crippen MR) is 103 cm³/mol. The molecule has 5 nitrogen and oxygen atoms in total. The molecule has 0 radical (unpaired) electrons. The number of ether oxygens (including phenoxy) is 1. The fourth-order valence-electron chi connectivity index (χ4n) is 2.51. The van der Waals surface area contributed by atoms with Gasteiger partial charge in [0.05, 0.1) is 12.8 Å². The number of hydrogen-bond acceptors (Lipinski definition) is 4. The van der Waals surface area contributed by atoms with E-state index in [2.05, 4.69) is 15.6 Å². The molecule has 3 rings (SSSR count). The zero-order valence-corrected chi connectivity index (χ0v) is 14.8. The number of para-hydroxylation sites is 2. The minimum absolute atomic E-state index is 0.214. The third-order valence-electron chi connectivity index (χ3n) is 3.95. The van der Waals surface area contributed by atoms with Crippen LogP contribution in [0.2, 0.25) is 0 Å². The van der Waals surface area contributed by atoms with E-state index < -0.39 is 0 Å². The zero-order chi connectivity index (χ0) is 18.4. The second kappa shape index (κ2) is 8.16. The fraction of sp³-hybridized carbons (Fsp3) is 0.143. The molecular weight excluding hydrogens is 326 g/mol. The first-order chi connectivity index (χ1) is 12.7. The van der Waals surface area contributed by atoms with E-state index in [-0.39, 0.29) is 5.91 Å². The van der Waals surface area contributed by atoms with Crippen LogP contribution >= 0.6 is 0 Å². The highest BCUT2D eigenvalue weighted by Gasteiger charge is 2.09. The summed E-state index contributed by atoms with van der Waals surface area (Å²) in [5, 5.41) is 6.15. The molecule has 0 saturated carbocycles. The van der Waals surface area contributed by atoms with Crippen LogP contribution in [0.25, 0.3) is 0 Å². The summed E-state index contributed by atoms with van der Waals surface area (Å²) in [6.07, 6.45) is 1.61. The van der Waals surface area contributed by atoms with Gasteiger partial charge in [-0.1, -0.05) is 42.0 Å². The van der Waals surface area contributed by atoms with E-state index >= 15 is 0 Å². The van der Waals surface area contributed by atoms with Crippen LogP contribution in [0, 0.1) is 6.92 Å². The van der Waals surface area contributed by atoms with Gasteiger partial charge in [-0.05, 0) is 36.8 Å². The Kier molecular flexibility index (Phi) is 5.49. The van der Waals surface area contributed by atoms with Crippen LogP contribution in [-0.2, 0) is 6.54 Å². The van der Waals surface area contributed by atoms with Crippen LogP contribution in [0.5, 0.6) is 5.75 Å². The molecule has 0 unspecified atom stereocenters. The van der Waals surface area contributed by atoms with Gasteiger partial charge in [0.25, 0.3) is 5.91 Å². The van der Waals surface area contributed by atoms with Crippen LogP contribution in [0.4, 0.5) is 11.4 Å². The van der Waals surface area contributed by atoms with Crippen molar-refractivity contribution in [2.75, 3.05) is 12.4 Å². The number of pyridine rings is 1. The summed E-state index contributed by atoms with van der Waals surface area (Å²) in [6, 6.07) is 19.2. The Hall–Kier alpha value is -3.34. The molecule has 1 heterocycles. The molecule has 0 spiro atoms. The molecule has 0 atom stereocenters. The number of carbonyl (C=O) groups excluding carboxylic acids is 1. The zero-order valence-electron chi connectivity index (χ0n) is 14.8. The molecule has 3 aromatic rings.